The molecule has 1 aliphatic rings. The average molecular weight is 227 g/mol. The number of hydrogen-bond acceptors (Lipinski definition) is 5. The van der Waals surface area contributed by atoms with Crippen LogP contribution in [-0.4, -0.2) is 25.3 Å². The van der Waals surface area contributed by atoms with Gasteiger partial charge in [-0.05, 0) is 12.1 Å². The van der Waals surface area contributed by atoms with E-state index < -0.39 is 22.8 Å². The Labute approximate surface area is 86.2 Å². The minimum absolute atomic E-state index is 0.138. The average Bonchev–Trinajstić information content (AvgIpc) is 2.44. The third kappa shape index (κ3) is 1.51. The topological polar surface area (TPSA) is 80.8 Å². The van der Waals surface area contributed by atoms with Gasteiger partial charge in [0, 0.05) is 0 Å². The first-order valence-electron chi connectivity index (χ1n) is 3.91. The number of benzene rings is 1. The standard InChI is InChI=1S/C8H5NO5S/c10-7-5-3-1-2-4-6(5)8(11)9(7)14-15(12)13/h1-4,15H. The van der Waals surface area contributed by atoms with E-state index in [-0.39, 0.29) is 16.2 Å². The predicted molar refractivity (Wildman–Crippen MR) is 48.3 cm³/mol. The molecule has 0 unspecified atom stereocenters. The summed E-state index contributed by atoms with van der Waals surface area (Å²) in [5.74, 6) is -1.54. The zero-order valence-electron chi connectivity index (χ0n) is 7.25. The van der Waals surface area contributed by atoms with Crippen LogP contribution in [-0.2, 0) is 15.3 Å². The summed E-state index contributed by atoms with van der Waals surface area (Å²) in [6, 6.07) is 6.00. The van der Waals surface area contributed by atoms with Crippen LogP contribution in [0.1, 0.15) is 20.7 Å². The molecule has 1 aromatic carbocycles. The molecule has 0 spiro atoms. The normalized spacial score (nSPS) is 14.9. The van der Waals surface area contributed by atoms with Gasteiger partial charge in [0.2, 0.25) is 0 Å². The fourth-order valence-corrected chi connectivity index (χ4v) is 1.59. The molecule has 0 radical (unpaired) electrons. The Morgan fingerprint density at radius 1 is 1.00 bits per heavy atom. The van der Waals surface area contributed by atoms with Gasteiger partial charge in [-0.25, -0.2) is 8.42 Å². The number of rotatable bonds is 2. The summed E-state index contributed by atoms with van der Waals surface area (Å²) in [6.07, 6.45) is 0. The smallest absolute Gasteiger partial charge is 0.266 e. The highest BCUT2D eigenvalue weighted by Crippen LogP contribution is 2.22. The van der Waals surface area contributed by atoms with Gasteiger partial charge >= 0.3 is 0 Å². The molecule has 0 atom stereocenters. The molecule has 0 aromatic heterocycles. The second-order valence-electron chi connectivity index (χ2n) is 2.76. The molecule has 1 heterocycles. The minimum Gasteiger partial charge on any atom is -0.266 e. The SMILES string of the molecule is O=C1c2ccccc2C(=O)N1O[SH](=O)=O. The maximum absolute atomic E-state index is 11.5. The highest BCUT2D eigenvalue weighted by atomic mass is 32.2. The molecule has 1 aliphatic heterocycles. The second-order valence-corrected chi connectivity index (χ2v) is 3.37. The van der Waals surface area contributed by atoms with Crippen molar-refractivity contribution >= 4 is 22.8 Å². The quantitative estimate of drug-likeness (QED) is 0.556. The lowest BCUT2D eigenvalue weighted by Gasteiger charge is -2.06. The van der Waals surface area contributed by atoms with Crippen LogP contribution >= 0.6 is 0 Å². The zero-order valence-corrected chi connectivity index (χ0v) is 8.14. The summed E-state index contributed by atoms with van der Waals surface area (Å²) >= 11 is 0. The number of imide groups is 1. The second kappa shape index (κ2) is 3.44. The van der Waals surface area contributed by atoms with E-state index in [1.165, 1.54) is 12.1 Å². The van der Waals surface area contributed by atoms with Crippen LogP contribution in [0.5, 0.6) is 0 Å². The first-order chi connectivity index (χ1) is 7.11. The molecule has 0 aliphatic carbocycles. The minimum atomic E-state index is -3.28. The van der Waals surface area contributed by atoms with Crippen molar-refractivity contribution in [2.75, 3.05) is 0 Å². The lowest BCUT2D eigenvalue weighted by atomic mass is 10.1. The molecule has 0 bridgehead atoms. The molecule has 2 amide bonds. The molecule has 6 nitrogen and oxygen atoms in total. The molecule has 0 N–H and O–H groups in total. The number of carbonyl (C=O) groups excluding carboxylic acids is 2. The van der Waals surface area contributed by atoms with Gasteiger partial charge in [0.1, 0.15) is 0 Å². The summed E-state index contributed by atoms with van der Waals surface area (Å²) < 4.78 is 24.6. The number of nitrogens with zero attached hydrogens (tertiary/aromatic N) is 1. The van der Waals surface area contributed by atoms with E-state index in [2.05, 4.69) is 4.28 Å². The van der Waals surface area contributed by atoms with Gasteiger partial charge in [0.25, 0.3) is 22.8 Å². The zero-order chi connectivity index (χ0) is 11.0. The molecule has 78 valence electrons. The van der Waals surface area contributed by atoms with E-state index in [9.17, 15) is 18.0 Å². The Bertz CT molecular complexity index is 479. The fraction of sp³-hybridized carbons (Fsp3) is 0. The van der Waals surface area contributed by atoms with Crippen LogP contribution in [0.3, 0.4) is 0 Å². The van der Waals surface area contributed by atoms with E-state index in [1.807, 2.05) is 0 Å². The Balaban J connectivity index is 2.45. The Kier molecular flexibility index (Phi) is 2.25. The fourth-order valence-electron chi connectivity index (χ4n) is 1.31. The van der Waals surface area contributed by atoms with Crippen molar-refractivity contribution in [2.24, 2.45) is 0 Å². The van der Waals surface area contributed by atoms with E-state index in [0.717, 1.165) is 0 Å². The van der Waals surface area contributed by atoms with Crippen molar-refractivity contribution in [3.63, 3.8) is 0 Å². The van der Waals surface area contributed by atoms with Crippen LogP contribution in [0.2, 0.25) is 0 Å². The summed E-state index contributed by atoms with van der Waals surface area (Å²) in [6.45, 7) is 0. The molecule has 0 saturated heterocycles. The lowest BCUT2D eigenvalue weighted by molar-refractivity contribution is -0.00749. The molecule has 2 rings (SSSR count). The number of fused-ring (bicyclic) bond motifs is 1. The Morgan fingerprint density at radius 2 is 1.47 bits per heavy atom. The van der Waals surface area contributed by atoms with Gasteiger partial charge in [-0.15, -0.1) is 9.35 Å². The number of amides is 2. The van der Waals surface area contributed by atoms with Crippen LogP contribution in [0.15, 0.2) is 24.3 Å². The number of hydrogen-bond donors (Lipinski definition) is 1. The highest BCUT2D eigenvalue weighted by molar-refractivity contribution is 7.67. The summed E-state index contributed by atoms with van der Waals surface area (Å²) in [5.41, 5.74) is 0.277. The van der Waals surface area contributed by atoms with Crippen LogP contribution < -0.4 is 0 Å². The molecule has 15 heavy (non-hydrogen) atoms. The molecule has 1 aromatic rings. The maximum Gasteiger partial charge on any atom is 0.287 e. The van der Waals surface area contributed by atoms with Crippen molar-refractivity contribution in [1.29, 1.82) is 0 Å². The highest BCUT2D eigenvalue weighted by Gasteiger charge is 2.37. The van der Waals surface area contributed by atoms with Gasteiger partial charge in [-0.1, -0.05) is 12.1 Å². The summed E-state index contributed by atoms with van der Waals surface area (Å²) in [4.78, 5) is 22.9. The first kappa shape index (κ1) is 9.81. The van der Waals surface area contributed by atoms with Crippen LogP contribution in [0.4, 0.5) is 0 Å². The van der Waals surface area contributed by atoms with E-state index >= 15 is 0 Å². The number of carbonyl (C=O) groups is 2. The first-order valence-corrected chi connectivity index (χ1v) is 5.01. The van der Waals surface area contributed by atoms with Gasteiger partial charge in [-0.3, -0.25) is 9.59 Å². The number of thiol groups is 1. The Hall–Kier alpha value is -1.73. The molecule has 0 fully saturated rings. The largest absolute Gasteiger partial charge is 0.287 e. The van der Waals surface area contributed by atoms with Crippen molar-refractivity contribution in [3.8, 4) is 0 Å². The summed E-state index contributed by atoms with van der Waals surface area (Å²) in [7, 11) is -3.28. The molecule has 7 heteroatoms. The monoisotopic (exact) mass is 227 g/mol. The van der Waals surface area contributed by atoms with Gasteiger partial charge < -0.3 is 0 Å². The third-order valence-electron chi connectivity index (χ3n) is 1.91. The third-order valence-corrected chi connectivity index (χ3v) is 2.20. The van der Waals surface area contributed by atoms with Crippen LogP contribution in [0.25, 0.3) is 0 Å². The van der Waals surface area contributed by atoms with E-state index in [0.29, 0.717) is 0 Å². The van der Waals surface area contributed by atoms with Crippen molar-refractivity contribution < 1.29 is 22.3 Å². The van der Waals surface area contributed by atoms with E-state index in [1.54, 1.807) is 12.1 Å². The Morgan fingerprint density at radius 3 is 1.87 bits per heavy atom. The van der Waals surface area contributed by atoms with Crippen molar-refractivity contribution in [3.05, 3.63) is 35.4 Å². The van der Waals surface area contributed by atoms with Crippen LogP contribution in [0, 0.1) is 0 Å². The summed E-state index contributed by atoms with van der Waals surface area (Å²) in [5, 5.41) is 0.233. The number of hydroxylamine groups is 2. The van der Waals surface area contributed by atoms with Crippen molar-refractivity contribution in [2.45, 2.75) is 0 Å². The molecular formula is C8H5NO5S. The molecule has 0 saturated carbocycles. The van der Waals surface area contributed by atoms with Gasteiger partial charge in [-0.2, -0.15) is 0 Å². The predicted octanol–water partition coefficient (Wildman–Crippen LogP) is -0.259. The van der Waals surface area contributed by atoms with Crippen molar-refractivity contribution in [1.82, 2.24) is 5.06 Å². The molecular weight excluding hydrogens is 222 g/mol. The van der Waals surface area contributed by atoms with Gasteiger partial charge in [0.05, 0.1) is 11.1 Å². The maximum atomic E-state index is 11.5. The van der Waals surface area contributed by atoms with Gasteiger partial charge in [0.15, 0.2) is 0 Å². The van der Waals surface area contributed by atoms with E-state index in [4.69, 9.17) is 0 Å². The lowest BCUT2D eigenvalue weighted by Crippen LogP contribution is -2.29.